The smallest absolute Gasteiger partial charge is 0.416 e. The topological polar surface area (TPSA) is 46.6 Å². The van der Waals surface area contributed by atoms with Gasteiger partial charge in [-0.2, -0.15) is 0 Å². The summed E-state index contributed by atoms with van der Waals surface area (Å²) in [5.74, 6) is -0.164. The quantitative estimate of drug-likeness (QED) is 0.782. The molecule has 1 aliphatic heterocycles. The van der Waals surface area contributed by atoms with Crippen LogP contribution in [0, 0.1) is 6.92 Å². The van der Waals surface area contributed by atoms with E-state index >= 15 is 0 Å². The SMILES string of the molecule is CC.CCC(=O)N1CCOC1=O.Cc1ccccc1. The van der Waals surface area contributed by atoms with E-state index in [1.165, 1.54) is 5.56 Å². The van der Waals surface area contributed by atoms with Crippen molar-refractivity contribution < 1.29 is 14.3 Å². The van der Waals surface area contributed by atoms with Gasteiger partial charge < -0.3 is 4.74 Å². The van der Waals surface area contributed by atoms with Gasteiger partial charge in [0.2, 0.25) is 5.91 Å². The van der Waals surface area contributed by atoms with Crippen LogP contribution in [0.2, 0.25) is 0 Å². The first-order chi connectivity index (χ1) is 9.15. The number of carbonyl (C=O) groups excluding carboxylic acids is 2. The average molecular weight is 265 g/mol. The Balaban J connectivity index is 0.000000316. The normalized spacial score (nSPS) is 12.6. The zero-order valence-electron chi connectivity index (χ0n) is 12.2. The van der Waals surface area contributed by atoms with Crippen LogP contribution in [0.4, 0.5) is 4.79 Å². The first-order valence-electron chi connectivity index (χ1n) is 6.64. The number of benzene rings is 1. The van der Waals surface area contributed by atoms with E-state index in [4.69, 9.17) is 0 Å². The van der Waals surface area contributed by atoms with Crippen LogP contribution < -0.4 is 0 Å². The molecule has 1 heterocycles. The molecule has 0 N–H and O–H groups in total. The minimum atomic E-state index is -0.508. The lowest BCUT2D eigenvalue weighted by Crippen LogP contribution is -2.30. The molecule has 1 aromatic carbocycles. The second kappa shape index (κ2) is 10.1. The van der Waals surface area contributed by atoms with Crippen molar-refractivity contribution in [2.24, 2.45) is 0 Å². The van der Waals surface area contributed by atoms with Crippen molar-refractivity contribution in [1.29, 1.82) is 0 Å². The molecule has 0 aliphatic carbocycles. The van der Waals surface area contributed by atoms with Gasteiger partial charge in [-0.05, 0) is 6.92 Å². The van der Waals surface area contributed by atoms with Gasteiger partial charge in [0.05, 0.1) is 6.54 Å². The molecule has 106 valence electrons. The number of cyclic esters (lactones) is 1. The minimum absolute atomic E-state index is 0.164. The van der Waals surface area contributed by atoms with Gasteiger partial charge in [-0.3, -0.25) is 4.79 Å². The maximum Gasteiger partial charge on any atom is 0.416 e. The van der Waals surface area contributed by atoms with Gasteiger partial charge in [-0.25, -0.2) is 9.69 Å². The Kier molecular flexibility index (Phi) is 9.14. The highest BCUT2D eigenvalue weighted by Gasteiger charge is 2.26. The lowest BCUT2D eigenvalue weighted by Gasteiger charge is -2.07. The van der Waals surface area contributed by atoms with E-state index in [0.29, 0.717) is 19.6 Å². The Morgan fingerprint density at radius 2 is 1.84 bits per heavy atom. The summed E-state index contributed by atoms with van der Waals surface area (Å²) in [5.41, 5.74) is 1.32. The molecular weight excluding hydrogens is 242 g/mol. The standard InChI is InChI=1S/C7H8.C6H9NO3.C2H6/c1-7-5-3-2-4-6-7;1-2-5(8)7-3-4-10-6(7)9;1-2/h2-6H,1H3;2-4H2,1H3;1-2H3. The summed E-state index contributed by atoms with van der Waals surface area (Å²) in [6, 6.07) is 10.3. The lowest BCUT2D eigenvalue weighted by atomic mass is 10.2. The zero-order valence-corrected chi connectivity index (χ0v) is 12.2. The van der Waals surface area contributed by atoms with Crippen molar-refractivity contribution in [1.82, 2.24) is 4.90 Å². The summed E-state index contributed by atoms with van der Waals surface area (Å²) in [6.07, 6.45) is -0.151. The van der Waals surface area contributed by atoms with Gasteiger partial charge in [0.25, 0.3) is 0 Å². The summed E-state index contributed by atoms with van der Waals surface area (Å²) < 4.78 is 4.55. The van der Waals surface area contributed by atoms with E-state index in [1.807, 2.05) is 32.0 Å². The number of amides is 2. The minimum Gasteiger partial charge on any atom is -0.447 e. The van der Waals surface area contributed by atoms with Crippen LogP contribution in [0.3, 0.4) is 0 Å². The number of aryl methyl sites for hydroxylation is 1. The Morgan fingerprint density at radius 1 is 1.26 bits per heavy atom. The molecule has 0 radical (unpaired) electrons. The molecule has 0 spiro atoms. The second-order valence-corrected chi connectivity index (χ2v) is 3.67. The summed E-state index contributed by atoms with van der Waals surface area (Å²) >= 11 is 0. The van der Waals surface area contributed by atoms with E-state index in [9.17, 15) is 9.59 Å². The van der Waals surface area contributed by atoms with Crippen LogP contribution in [0.25, 0.3) is 0 Å². The number of hydrogen-bond donors (Lipinski definition) is 0. The van der Waals surface area contributed by atoms with Crippen molar-refractivity contribution in [3.05, 3.63) is 35.9 Å². The predicted molar refractivity (Wildman–Crippen MR) is 75.9 cm³/mol. The van der Waals surface area contributed by atoms with Crippen LogP contribution in [-0.2, 0) is 9.53 Å². The molecule has 2 rings (SSSR count). The number of ether oxygens (including phenoxy) is 1. The van der Waals surface area contributed by atoms with Crippen molar-refractivity contribution in [2.45, 2.75) is 34.1 Å². The van der Waals surface area contributed by atoms with Crippen LogP contribution in [0.5, 0.6) is 0 Å². The predicted octanol–water partition coefficient (Wildman–Crippen LogP) is 3.40. The molecule has 0 saturated carbocycles. The average Bonchev–Trinajstić information content (AvgIpc) is 2.88. The van der Waals surface area contributed by atoms with Crippen molar-refractivity contribution in [3.63, 3.8) is 0 Å². The second-order valence-electron chi connectivity index (χ2n) is 3.67. The monoisotopic (exact) mass is 265 g/mol. The number of hydrogen-bond acceptors (Lipinski definition) is 3. The molecule has 0 atom stereocenters. The molecule has 1 fully saturated rings. The third-order valence-corrected chi connectivity index (χ3v) is 2.30. The van der Waals surface area contributed by atoms with Crippen molar-refractivity contribution in [3.8, 4) is 0 Å². The zero-order chi connectivity index (χ0) is 14.7. The fourth-order valence-corrected chi connectivity index (χ4v) is 1.35. The number of rotatable bonds is 1. The highest BCUT2D eigenvalue weighted by Crippen LogP contribution is 2.04. The van der Waals surface area contributed by atoms with Crippen molar-refractivity contribution in [2.75, 3.05) is 13.2 Å². The van der Waals surface area contributed by atoms with E-state index in [0.717, 1.165) is 4.90 Å². The highest BCUT2D eigenvalue weighted by atomic mass is 16.6. The third kappa shape index (κ3) is 6.60. The molecule has 1 aromatic rings. The van der Waals surface area contributed by atoms with Gasteiger partial charge in [0.1, 0.15) is 6.61 Å². The fraction of sp³-hybridized carbons (Fsp3) is 0.467. The van der Waals surface area contributed by atoms with E-state index in [-0.39, 0.29) is 5.91 Å². The molecule has 1 saturated heterocycles. The fourth-order valence-electron chi connectivity index (χ4n) is 1.35. The summed E-state index contributed by atoms with van der Waals surface area (Å²) in [7, 11) is 0. The summed E-state index contributed by atoms with van der Waals surface area (Å²) in [6.45, 7) is 8.55. The third-order valence-electron chi connectivity index (χ3n) is 2.30. The molecule has 1 aliphatic rings. The molecule has 4 heteroatoms. The van der Waals surface area contributed by atoms with Crippen LogP contribution >= 0.6 is 0 Å². The Bertz CT molecular complexity index is 376. The van der Waals surface area contributed by atoms with Gasteiger partial charge in [-0.1, -0.05) is 56.7 Å². The van der Waals surface area contributed by atoms with Crippen molar-refractivity contribution >= 4 is 12.0 Å². The van der Waals surface area contributed by atoms with Gasteiger partial charge >= 0.3 is 6.09 Å². The number of imide groups is 1. The van der Waals surface area contributed by atoms with Crippen LogP contribution in [0.1, 0.15) is 32.8 Å². The maximum atomic E-state index is 10.8. The van der Waals surface area contributed by atoms with E-state index in [2.05, 4.69) is 23.8 Å². The number of carbonyl (C=O) groups is 2. The molecule has 4 nitrogen and oxygen atoms in total. The Morgan fingerprint density at radius 3 is 2.16 bits per heavy atom. The van der Waals surface area contributed by atoms with Gasteiger partial charge in [-0.15, -0.1) is 0 Å². The van der Waals surface area contributed by atoms with E-state index < -0.39 is 6.09 Å². The van der Waals surface area contributed by atoms with Gasteiger partial charge in [0.15, 0.2) is 0 Å². The molecule has 0 unspecified atom stereocenters. The molecule has 2 amide bonds. The molecule has 0 bridgehead atoms. The van der Waals surface area contributed by atoms with Crippen LogP contribution in [0.15, 0.2) is 30.3 Å². The lowest BCUT2D eigenvalue weighted by molar-refractivity contribution is -0.127. The molecule has 19 heavy (non-hydrogen) atoms. The summed E-state index contributed by atoms with van der Waals surface area (Å²) in [5, 5.41) is 0. The largest absolute Gasteiger partial charge is 0.447 e. The van der Waals surface area contributed by atoms with Crippen LogP contribution in [-0.4, -0.2) is 30.1 Å². The maximum absolute atomic E-state index is 10.8. The Hall–Kier alpha value is -1.84. The highest BCUT2D eigenvalue weighted by molar-refractivity contribution is 5.92. The molecule has 0 aromatic heterocycles. The van der Waals surface area contributed by atoms with Gasteiger partial charge in [0, 0.05) is 6.42 Å². The first kappa shape index (κ1) is 17.2. The number of nitrogens with zero attached hydrogens (tertiary/aromatic N) is 1. The van der Waals surface area contributed by atoms with E-state index in [1.54, 1.807) is 6.92 Å². The first-order valence-corrected chi connectivity index (χ1v) is 6.64. The molecular formula is C15H23NO3. The summed E-state index contributed by atoms with van der Waals surface area (Å²) in [4.78, 5) is 22.6. The Labute approximate surface area is 115 Å².